The first-order valence-corrected chi connectivity index (χ1v) is 6.11. The van der Waals surface area contributed by atoms with E-state index in [0.717, 1.165) is 12.1 Å². The van der Waals surface area contributed by atoms with Gasteiger partial charge in [-0.2, -0.15) is 0 Å². The van der Waals surface area contributed by atoms with Crippen LogP contribution in [-0.2, 0) is 6.42 Å². The zero-order chi connectivity index (χ0) is 13.8. The number of nitrogens with two attached hydrogens (primary N) is 1. The quantitative estimate of drug-likeness (QED) is 0.647. The molecule has 1 aromatic carbocycles. The predicted octanol–water partition coefficient (Wildman–Crippen LogP) is 2.09. The minimum absolute atomic E-state index is 0.0832. The highest BCUT2D eigenvalue weighted by molar-refractivity contribution is 5.98. The number of hydrogen-bond acceptors (Lipinski definition) is 4. The summed E-state index contributed by atoms with van der Waals surface area (Å²) < 4.78 is 0. The molecule has 0 radical (unpaired) electrons. The van der Waals surface area contributed by atoms with Crippen molar-refractivity contribution in [2.45, 2.75) is 13.3 Å². The van der Waals surface area contributed by atoms with Crippen LogP contribution >= 0.6 is 0 Å². The molecule has 0 aliphatic rings. The maximum Gasteiger partial charge on any atom is 0.162 e. The maximum absolute atomic E-state index is 7.54. The fourth-order valence-electron chi connectivity index (χ4n) is 1.84. The summed E-state index contributed by atoms with van der Waals surface area (Å²) in [6.45, 7) is 2.12. The minimum atomic E-state index is -0.0832. The first-order chi connectivity index (χ1) is 9.13. The Kier molecular flexibility index (Phi) is 3.75. The molecule has 0 bridgehead atoms. The Bertz CT molecular complexity index is 577. The summed E-state index contributed by atoms with van der Waals surface area (Å²) in [6, 6.07) is 8.21. The van der Waals surface area contributed by atoms with Crippen LogP contribution in [0.5, 0.6) is 0 Å². The third-order valence-electron chi connectivity index (χ3n) is 2.98. The molecular weight excluding hydrogens is 238 g/mol. The summed E-state index contributed by atoms with van der Waals surface area (Å²) in [5.74, 6) is 0.499. The molecule has 0 aliphatic carbocycles. The average molecular weight is 255 g/mol. The lowest BCUT2D eigenvalue weighted by molar-refractivity contribution is 1.06. The van der Waals surface area contributed by atoms with E-state index in [1.165, 1.54) is 11.8 Å². The molecule has 19 heavy (non-hydrogen) atoms. The zero-order valence-corrected chi connectivity index (χ0v) is 11.1. The van der Waals surface area contributed by atoms with Crippen LogP contribution < -0.4 is 10.6 Å². The molecule has 0 aliphatic heterocycles. The van der Waals surface area contributed by atoms with Crippen molar-refractivity contribution in [1.29, 1.82) is 5.41 Å². The number of aromatic nitrogens is 2. The lowest BCUT2D eigenvalue weighted by atomic mass is 10.1. The summed E-state index contributed by atoms with van der Waals surface area (Å²) in [7, 11) is 1.89. The summed E-state index contributed by atoms with van der Waals surface area (Å²) in [6.07, 6.45) is 4.14. The highest BCUT2D eigenvalue weighted by Crippen LogP contribution is 2.23. The molecule has 5 heteroatoms. The first-order valence-electron chi connectivity index (χ1n) is 6.11. The smallest absolute Gasteiger partial charge is 0.162 e. The van der Waals surface area contributed by atoms with Gasteiger partial charge >= 0.3 is 0 Å². The summed E-state index contributed by atoms with van der Waals surface area (Å²) in [4.78, 5) is 10.2. The van der Waals surface area contributed by atoms with Crippen molar-refractivity contribution in [3.8, 4) is 0 Å². The Morgan fingerprint density at radius 1 is 1.21 bits per heavy atom. The van der Waals surface area contributed by atoms with E-state index in [0.29, 0.717) is 11.5 Å². The van der Waals surface area contributed by atoms with Crippen molar-refractivity contribution in [2.75, 3.05) is 11.9 Å². The van der Waals surface area contributed by atoms with Crippen LogP contribution in [0.25, 0.3) is 0 Å². The molecule has 0 amide bonds. The molecule has 3 N–H and O–H groups in total. The molecular formula is C14H17N5. The molecule has 0 unspecified atom stereocenters. The number of nitrogens with one attached hydrogen (secondary N) is 1. The number of hydrogen-bond donors (Lipinski definition) is 2. The SMILES string of the molecule is CCc1ccc(N(C)c2nccnc2C(=N)N)cc1. The van der Waals surface area contributed by atoms with Gasteiger partial charge < -0.3 is 10.6 Å². The first kappa shape index (κ1) is 13.0. The third-order valence-corrected chi connectivity index (χ3v) is 2.98. The predicted molar refractivity (Wildman–Crippen MR) is 76.9 cm³/mol. The van der Waals surface area contributed by atoms with Crippen LogP contribution in [0, 0.1) is 5.41 Å². The second-order valence-electron chi connectivity index (χ2n) is 4.22. The van der Waals surface area contributed by atoms with E-state index in [-0.39, 0.29) is 5.84 Å². The molecule has 0 atom stereocenters. The fraction of sp³-hybridized carbons (Fsp3) is 0.214. The molecule has 1 aromatic heterocycles. The Hall–Kier alpha value is -2.43. The zero-order valence-electron chi connectivity index (χ0n) is 11.1. The molecule has 0 spiro atoms. The van der Waals surface area contributed by atoms with E-state index in [2.05, 4.69) is 29.0 Å². The lowest BCUT2D eigenvalue weighted by Gasteiger charge is -2.20. The van der Waals surface area contributed by atoms with E-state index in [1.807, 2.05) is 24.1 Å². The normalized spacial score (nSPS) is 10.2. The second kappa shape index (κ2) is 5.48. The highest BCUT2D eigenvalue weighted by atomic mass is 15.2. The average Bonchev–Trinajstić information content (AvgIpc) is 2.46. The highest BCUT2D eigenvalue weighted by Gasteiger charge is 2.13. The Morgan fingerprint density at radius 2 is 1.84 bits per heavy atom. The van der Waals surface area contributed by atoms with Gasteiger partial charge in [-0.15, -0.1) is 0 Å². The third kappa shape index (κ3) is 2.70. The summed E-state index contributed by atoms with van der Waals surface area (Å²) >= 11 is 0. The van der Waals surface area contributed by atoms with E-state index in [1.54, 1.807) is 6.20 Å². The van der Waals surface area contributed by atoms with Crippen LogP contribution in [0.15, 0.2) is 36.7 Å². The number of anilines is 2. The Morgan fingerprint density at radius 3 is 2.42 bits per heavy atom. The summed E-state index contributed by atoms with van der Waals surface area (Å²) in [5.41, 5.74) is 8.19. The fourth-order valence-corrected chi connectivity index (χ4v) is 1.84. The largest absolute Gasteiger partial charge is 0.382 e. The summed E-state index contributed by atoms with van der Waals surface area (Å²) in [5, 5.41) is 7.54. The standard InChI is InChI=1S/C14H17N5/c1-3-10-4-6-11(7-5-10)19(2)14-12(13(15)16)17-8-9-18-14/h4-9H,3H2,1-2H3,(H3,15,16). The second-order valence-corrected chi connectivity index (χ2v) is 4.22. The van der Waals surface area contributed by atoms with Gasteiger partial charge in [0.05, 0.1) is 0 Å². The Labute approximate surface area is 112 Å². The van der Waals surface area contributed by atoms with Crippen molar-refractivity contribution in [3.63, 3.8) is 0 Å². The molecule has 1 heterocycles. The van der Waals surface area contributed by atoms with E-state index >= 15 is 0 Å². The van der Waals surface area contributed by atoms with E-state index in [9.17, 15) is 0 Å². The van der Waals surface area contributed by atoms with Crippen LogP contribution in [-0.4, -0.2) is 22.9 Å². The van der Waals surface area contributed by atoms with Crippen molar-refractivity contribution in [1.82, 2.24) is 9.97 Å². The van der Waals surface area contributed by atoms with Gasteiger partial charge in [-0.25, -0.2) is 9.97 Å². The number of aryl methyl sites for hydroxylation is 1. The van der Waals surface area contributed by atoms with Gasteiger partial charge in [0.15, 0.2) is 5.82 Å². The van der Waals surface area contributed by atoms with Gasteiger partial charge in [-0.3, -0.25) is 5.41 Å². The molecule has 0 saturated carbocycles. The van der Waals surface area contributed by atoms with Gasteiger partial charge in [-0.1, -0.05) is 19.1 Å². The number of rotatable bonds is 4. The van der Waals surface area contributed by atoms with Gasteiger partial charge in [0, 0.05) is 25.1 Å². The topological polar surface area (TPSA) is 78.9 Å². The number of nitrogen functional groups attached to an aromatic ring is 1. The van der Waals surface area contributed by atoms with Crippen molar-refractivity contribution < 1.29 is 0 Å². The number of amidine groups is 1. The van der Waals surface area contributed by atoms with Crippen molar-refractivity contribution >= 4 is 17.3 Å². The Balaban J connectivity index is 2.37. The minimum Gasteiger partial charge on any atom is -0.382 e. The van der Waals surface area contributed by atoms with Gasteiger partial charge in [-0.05, 0) is 24.1 Å². The molecule has 0 saturated heterocycles. The van der Waals surface area contributed by atoms with Crippen LogP contribution in [0.4, 0.5) is 11.5 Å². The number of benzene rings is 1. The van der Waals surface area contributed by atoms with Crippen LogP contribution in [0.1, 0.15) is 18.2 Å². The monoisotopic (exact) mass is 255 g/mol. The van der Waals surface area contributed by atoms with Crippen LogP contribution in [0.3, 0.4) is 0 Å². The maximum atomic E-state index is 7.54. The molecule has 5 nitrogen and oxygen atoms in total. The molecule has 2 rings (SSSR count). The van der Waals surface area contributed by atoms with Gasteiger partial charge in [0.2, 0.25) is 0 Å². The van der Waals surface area contributed by atoms with E-state index < -0.39 is 0 Å². The van der Waals surface area contributed by atoms with Gasteiger partial charge in [0.25, 0.3) is 0 Å². The van der Waals surface area contributed by atoms with Crippen molar-refractivity contribution in [2.24, 2.45) is 5.73 Å². The number of nitrogens with zero attached hydrogens (tertiary/aromatic N) is 3. The van der Waals surface area contributed by atoms with Gasteiger partial charge in [0.1, 0.15) is 11.5 Å². The molecule has 98 valence electrons. The molecule has 0 fully saturated rings. The van der Waals surface area contributed by atoms with E-state index in [4.69, 9.17) is 11.1 Å². The van der Waals surface area contributed by atoms with Crippen LogP contribution in [0.2, 0.25) is 0 Å². The van der Waals surface area contributed by atoms with Crippen molar-refractivity contribution in [3.05, 3.63) is 47.9 Å². The lowest BCUT2D eigenvalue weighted by Crippen LogP contribution is -2.21. The molecule has 2 aromatic rings.